The number of nitrogens with one attached hydrogen (secondary N) is 1. The molecule has 0 radical (unpaired) electrons. The van der Waals surface area contributed by atoms with Crippen LogP contribution in [0.15, 0.2) is 16.6 Å². The van der Waals surface area contributed by atoms with E-state index in [9.17, 15) is 0 Å². The fourth-order valence-electron chi connectivity index (χ4n) is 1.89. The van der Waals surface area contributed by atoms with Gasteiger partial charge in [0.05, 0.1) is 4.47 Å². The fourth-order valence-corrected chi connectivity index (χ4v) is 2.49. The van der Waals surface area contributed by atoms with Crippen LogP contribution in [0.2, 0.25) is 0 Å². The van der Waals surface area contributed by atoms with Crippen molar-refractivity contribution in [2.75, 3.05) is 19.8 Å². The second-order valence-electron chi connectivity index (χ2n) is 4.96. The van der Waals surface area contributed by atoms with Gasteiger partial charge in [0.1, 0.15) is 13.2 Å². The number of ether oxygens (including phenoxy) is 2. The molecule has 3 nitrogen and oxygen atoms in total. The minimum absolute atomic E-state index is 0.623. The molecule has 18 heavy (non-hydrogen) atoms. The van der Waals surface area contributed by atoms with Crippen molar-refractivity contribution in [1.29, 1.82) is 0 Å². The lowest BCUT2D eigenvalue weighted by Crippen LogP contribution is -2.18. The SMILES string of the molecule is CC(C)CCNCc1cc(Br)c2c(c1)OCCO2. The lowest BCUT2D eigenvalue weighted by molar-refractivity contribution is 0.170. The summed E-state index contributed by atoms with van der Waals surface area (Å²) in [7, 11) is 0. The summed E-state index contributed by atoms with van der Waals surface area (Å²) >= 11 is 3.53. The van der Waals surface area contributed by atoms with E-state index >= 15 is 0 Å². The van der Waals surface area contributed by atoms with Crippen molar-refractivity contribution in [2.24, 2.45) is 5.92 Å². The van der Waals surface area contributed by atoms with Crippen LogP contribution in [0.5, 0.6) is 11.5 Å². The maximum absolute atomic E-state index is 5.61. The van der Waals surface area contributed by atoms with E-state index in [4.69, 9.17) is 9.47 Å². The van der Waals surface area contributed by atoms with Crippen molar-refractivity contribution in [3.8, 4) is 11.5 Å². The largest absolute Gasteiger partial charge is 0.486 e. The van der Waals surface area contributed by atoms with E-state index in [2.05, 4.69) is 47.2 Å². The van der Waals surface area contributed by atoms with Gasteiger partial charge in [-0.1, -0.05) is 13.8 Å². The summed E-state index contributed by atoms with van der Waals surface area (Å²) in [6.45, 7) is 7.64. The van der Waals surface area contributed by atoms with E-state index in [-0.39, 0.29) is 0 Å². The van der Waals surface area contributed by atoms with Crippen molar-refractivity contribution in [3.05, 3.63) is 22.2 Å². The van der Waals surface area contributed by atoms with E-state index in [0.29, 0.717) is 13.2 Å². The Morgan fingerprint density at radius 1 is 1.28 bits per heavy atom. The van der Waals surface area contributed by atoms with Crippen molar-refractivity contribution >= 4 is 15.9 Å². The van der Waals surface area contributed by atoms with Crippen LogP contribution < -0.4 is 14.8 Å². The van der Waals surface area contributed by atoms with E-state index in [1.807, 2.05) is 0 Å². The first kappa shape index (κ1) is 13.7. The summed E-state index contributed by atoms with van der Waals surface area (Å²) in [5.74, 6) is 2.41. The van der Waals surface area contributed by atoms with Crippen LogP contribution in [-0.4, -0.2) is 19.8 Å². The normalized spacial score (nSPS) is 14.0. The van der Waals surface area contributed by atoms with Crippen LogP contribution in [0.4, 0.5) is 0 Å². The van der Waals surface area contributed by atoms with Gasteiger partial charge in [0.2, 0.25) is 0 Å². The molecule has 100 valence electrons. The third kappa shape index (κ3) is 3.62. The first-order valence-electron chi connectivity index (χ1n) is 6.45. The highest BCUT2D eigenvalue weighted by atomic mass is 79.9. The average Bonchev–Trinajstić information content (AvgIpc) is 2.35. The van der Waals surface area contributed by atoms with Crippen molar-refractivity contribution < 1.29 is 9.47 Å². The molecule has 1 aromatic carbocycles. The molecule has 0 amide bonds. The lowest BCUT2D eigenvalue weighted by Gasteiger charge is -2.20. The zero-order chi connectivity index (χ0) is 13.0. The molecule has 1 heterocycles. The van der Waals surface area contributed by atoms with E-state index in [1.165, 1.54) is 12.0 Å². The molecule has 2 rings (SSSR count). The first-order valence-corrected chi connectivity index (χ1v) is 7.25. The van der Waals surface area contributed by atoms with Gasteiger partial charge in [0, 0.05) is 6.54 Å². The molecule has 1 aromatic rings. The molecular formula is C14H20BrNO2. The van der Waals surface area contributed by atoms with Gasteiger partial charge in [0.15, 0.2) is 11.5 Å². The number of rotatable bonds is 5. The van der Waals surface area contributed by atoms with Crippen molar-refractivity contribution in [1.82, 2.24) is 5.32 Å². The Kier molecular flexibility index (Phi) is 4.89. The standard InChI is InChI=1S/C14H20BrNO2/c1-10(2)3-4-16-9-11-7-12(15)14-13(8-11)17-5-6-18-14/h7-8,10,16H,3-6,9H2,1-2H3. The van der Waals surface area contributed by atoms with Crippen LogP contribution in [0, 0.1) is 5.92 Å². The van der Waals surface area contributed by atoms with E-state index in [0.717, 1.165) is 35.0 Å². The summed E-state index contributed by atoms with van der Waals surface area (Å²) in [5, 5.41) is 3.45. The summed E-state index contributed by atoms with van der Waals surface area (Å²) < 4.78 is 12.2. The molecule has 0 spiro atoms. The molecule has 0 saturated heterocycles. The van der Waals surface area contributed by atoms with E-state index < -0.39 is 0 Å². The Morgan fingerprint density at radius 2 is 2.06 bits per heavy atom. The summed E-state index contributed by atoms with van der Waals surface area (Å²) in [4.78, 5) is 0. The number of hydrogen-bond donors (Lipinski definition) is 1. The fraction of sp³-hybridized carbons (Fsp3) is 0.571. The second-order valence-corrected chi connectivity index (χ2v) is 5.82. The molecule has 0 bridgehead atoms. The minimum Gasteiger partial charge on any atom is -0.486 e. The predicted molar refractivity (Wildman–Crippen MR) is 76.3 cm³/mol. The van der Waals surface area contributed by atoms with Gasteiger partial charge in [-0.15, -0.1) is 0 Å². The first-order chi connectivity index (χ1) is 8.66. The molecule has 0 aromatic heterocycles. The van der Waals surface area contributed by atoms with Gasteiger partial charge in [-0.2, -0.15) is 0 Å². The van der Waals surface area contributed by atoms with Crippen LogP contribution in [-0.2, 0) is 6.54 Å². The highest BCUT2D eigenvalue weighted by Gasteiger charge is 2.15. The smallest absolute Gasteiger partial charge is 0.175 e. The van der Waals surface area contributed by atoms with Gasteiger partial charge in [0.25, 0.3) is 0 Å². The Labute approximate surface area is 117 Å². The Hall–Kier alpha value is -0.740. The summed E-state index contributed by atoms with van der Waals surface area (Å²) in [5.41, 5.74) is 1.22. The van der Waals surface area contributed by atoms with Crippen molar-refractivity contribution in [2.45, 2.75) is 26.8 Å². The molecule has 1 aliphatic rings. The summed E-state index contributed by atoms with van der Waals surface area (Å²) in [6.07, 6.45) is 1.20. The molecule has 1 N–H and O–H groups in total. The maximum Gasteiger partial charge on any atom is 0.175 e. The quantitative estimate of drug-likeness (QED) is 0.846. The molecule has 4 heteroatoms. The zero-order valence-corrected chi connectivity index (χ0v) is 12.5. The van der Waals surface area contributed by atoms with Crippen LogP contribution in [0.25, 0.3) is 0 Å². The molecule has 1 aliphatic heterocycles. The topological polar surface area (TPSA) is 30.5 Å². The molecule has 0 fully saturated rings. The lowest BCUT2D eigenvalue weighted by atomic mass is 10.1. The Balaban J connectivity index is 1.95. The van der Waals surface area contributed by atoms with Crippen LogP contribution in [0.3, 0.4) is 0 Å². The number of hydrogen-bond acceptors (Lipinski definition) is 3. The highest BCUT2D eigenvalue weighted by molar-refractivity contribution is 9.10. The van der Waals surface area contributed by atoms with Crippen LogP contribution >= 0.6 is 15.9 Å². The third-order valence-electron chi connectivity index (χ3n) is 2.88. The van der Waals surface area contributed by atoms with E-state index in [1.54, 1.807) is 0 Å². The molecule has 0 saturated carbocycles. The summed E-state index contributed by atoms with van der Waals surface area (Å²) in [6, 6.07) is 4.15. The highest BCUT2D eigenvalue weighted by Crippen LogP contribution is 2.38. The predicted octanol–water partition coefficient (Wildman–Crippen LogP) is 3.36. The van der Waals surface area contributed by atoms with Gasteiger partial charge < -0.3 is 14.8 Å². The number of benzene rings is 1. The van der Waals surface area contributed by atoms with Gasteiger partial charge >= 0.3 is 0 Å². The Morgan fingerprint density at radius 3 is 2.83 bits per heavy atom. The van der Waals surface area contributed by atoms with Crippen LogP contribution in [0.1, 0.15) is 25.8 Å². The number of fused-ring (bicyclic) bond motifs is 1. The van der Waals surface area contributed by atoms with Gasteiger partial charge in [-0.05, 0) is 52.5 Å². The zero-order valence-electron chi connectivity index (χ0n) is 11.0. The molecule has 0 aliphatic carbocycles. The van der Waals surface area contributed by atoms with Gasteiger partial charge in [-0.25, -0.2) is 0 Å². The maximum atomic E-state index is 5.61. The molecular weight excluding hydrogens is 294 g/mol. The average molecular weight is 314 g/mol. The molecule has 0 atom stereocenters. The minimum atomic E-state index is 0.623. The second kappa shape index (κ2) is 6.43. The Bertz CT molecular complexity index is 407. The monoisotopic (exact) mass is 313 g/mol. The molecule has 0 unspecified atom stereocenters. The van der Waals surface area contributed by atoms with Gasteiger partial charge in [-0.3, -0.25) is 0 Å². The third-order valence-corrected chi connectivity index (χ3v) is 3.47. The van der Waals surface area contributed by atoms with Crippen molar-refractivity contribution in [3.63, 3.8) is 0 Å². The number of halogens is 1.